The highest BCUT2D eigenvalue weighted by Crippen LogP contribution is 2.52. The van der Waals surface area contributed by atoms with Crippen LogP contribution in [-0.4, -0.2) is 19.6 Å². The van der Waals surface area contributed by atoms with E-state index in [9.17, 15) is 23.1 Å². The van der Waals surface area contributed by atoms with Crippen LogP contribution in [0.3, 0.4) is 0 Å². The number of anilines is 1. The molecule has 1 aromatic carbocycles. The first-order valence-electron chi connectivity index (χ1n) is 10.7. The lowest BCUT2D eigenvalue weighted by Gasteiger charge is -2.29. The monoisotopic (exact) mass is 444 g/mol. The smallest absolute Gasteiger partial charge is 0.369 e. The number of hydrogen-bond acceptors (Lipinski definition) is 5. The van der Waals surface area contributed by atoms with Gasteiger partial charge in [-0.05, 0) is 57.1 Å². The molecule has 32 heavy (non-hydrogen) atoms. The van der Waals surface area contributed by atoms with Gasteiger partial charge in [-0.2, -0.15) is 13.2 Å². The molecule has 168 valence electrons. The van der Waals surface area contributed by atoms with Gasteiger partial charge in [0.2, 0.25) is 0 Å². The number of alkyl halides is 3. The van der Waals surface area contributed by atoms with E-state index in [2.05, 4.69) is 15.3 Å². The molecule has 2 aliphatic carbocycles. The molecule has 0 unspecified atom stereocenters. The van der Waals surface area contributed by atoms with Gasteiger partial charge in [-0.15, -0.1) is 0 Å². The van der Waals surface area contributed by atoms with Gasteiger partial charge in [0, 0.05) is 23.4 Å². The zero-order valence-electron chi connectivity index (χ0n) is 17.5. The Morgan fingerprint density at radius 2 is 1.97 bits per heavy atom. The molecule has 0 aliphatic heterocycles. The second-order valence-electron chi connectivity index (χ2n) is 8.94. The number of benzene rings is 1. The standard InChI is InChI=1S/C23H23F3N4O2/c1-13-27-18-10-19(31)30(22-7-5-14(11-22)6-8-22)12-17(18)20(28-13)29-21(32)15-3-2-4-16(9-15)23(24,25)26/h2-4,9-10,12,14,21,32H,5-8,11H2,1H3,(H,27,28,29)/t14?,21-,22?/m1/s1. The lowest BCUT2D eigenvalue weighted by Crippen LogP contribution is -2.37. The number of pyridine rings is 1. The summed E-state index contributed by atoms with van der Waals surface area (Å²) < 4.78 is 41.0. The van der Waals surface area contributed by atoms with E-state index in [1.807, 2.05) is 0 Å². The van der Waals surface area contributed by atoms with Gasteiger partial charge in [-0.3, -0.25) is 4.79 Å². The van der Waals surface area contributed by atoms with Crippen LogP contribution in [0, 0.1) is 12.8 Å². The van der Waals surface area contributed by atoms with Gasteiger partial charge in [0.25, 0.3) is 5.56 Å². The SMILES string of the molecule is Cc1nc(N[C@H](O)c2cccc(C(F)(F)F)c2)c2cn(C34CCC(CC3)C4)c(=O)cc2n1. The predicted molar refractivity (Wildman–Crippen MR) is 113 cm³/mol. The first kappa shape index (κ1) is 20.9. The Labute approximate surface area is 182 Å². The minimum atomic E-state index is -4.51. The summed E-state index contributed by atoms with van der Waals surface area (Å²) in [5.74, 6) is 1.30. The van der Waals surface area contributed by atoms with Gasteiger partial charge in [0.1, 0.15) is 11.6 Å². The lowest BCUT2D eigenvalue weighted by atomic mass is 9.93. The molecule has 2 aromatic heterocycles. The summed E-state index contributed by atoms with van der Waals surface area (Å²) >= 11 is 0. The molecular weight excluding hydrogens is 421 g/mol. The molecule has 9 heteroatoms. The molecule has 0 amide bonds. The summed E-state index contributed by atoms with van der Waals surface area (Å²) in [6.07, 6.45) is 0.895. The molecule has 2 aliphatic rings. The molecule has 0 spiro atoms. The normalized spacial score (nSPS) is 23.6. The quantitative estimate of drug-likeness (QED) is 0.579. The van der Waals surface area contributed by atoms with Crippen molar-refractivity contribution in [3.63, 3.8) is 0 Å². The van der Waals surface area contributed by atoms with E-state index in [0.29, 0.717) is 22.6 Å². The van der Waals surface area contributed by atoms with Crippen molar-refractivity contribution in [3.8, 4) is 0 Å². The lowest BCUT2D eigenvalue weighted by molar-refractivity contribution is -0.137. The molecular formula is C23H23F3N4O2. The highest BCUT2D eigenvalue weighted by atomic mass is 19.4. The Morgan fingerprint density at radius 3 is 2.62 bits per heavy atom. The molecule has 1 atom stereocenters. The largest absolute Gasteiger partial charge is 0.416 e. The number of aliphatic hydroxyl groups excluding tert-OH is 1. The molecule has 5 rings (SSSR count). The second-order valence-corrected chi connectivity index (χ2v) is 8.94. The molecule has 2 bridgehead atoms. The van der Waals surface area contributed by atoms with Gasteiger partial charge in [-0.1, -0.05) is 12.1 Å². The van der Waals surface area contributed by atoms with E-state index < -0.39 is 18.0 Å². The Bertz CT molecular complexity index is 1250. The number of rotatable bonds is 4. The summed E-state index contributed by atoms with van der Waals surface area (Å²) in [5.41, 5.74) is -0.670. The molecule has 0 saturated heterocycles. The van der Waals surface area contributed by atoms with Crippen molar-refractivity contribution in [2.45, 2.75) is 57.0 Å². The van der Waals surface area contributed by atoms with Gasteiger partial charge in [0.15, 0.2) is 6.23 Å². The fourth-order valence-electron chi connectivity index (χ4n) is 5.30. The first-order valence-corrected chi connectivity index (χ1v) is 10.7. The zero-order chi connectivity index (χ0) is 22.7. The van der Waals surface area contributed by atoms with E-state index in [1.165, 1.54) is 18.2 Å². The summed E-state index contributed by atoms with van der Waals surface area (Å²) in [4.78, 5) is 21.7. The van der Waals surface area contributed by atoms with Gasteiger partial charge in [-0.25, -0.2) is 9.97 Å². The summed E-state index contributed by atoms with van der Waals surface area (Å²) in [5, 5.41) is 14.0. The summed E-state index contributed by atoms with van der Waals surface area (Å²) in [6.45, 7) is 1.66. The maximum absolute atomic E-state index is 13.1. The highest BCUT2D eigenvalue weighted by molar-refractivity contribution is 5.88. The van der Waals surface area contributed by atoms with Crippen molar-refractivity contribution in [3.05, 3.63) is 63.8 Å². The molecule has 3 aromatic rings. The van der Waals surface area contributed by atoms with E-state index in [-0.39, 0.29) is 22.5 Å². The first-order chi connectivity index (χ1) is 15.1. The Hall–Kier alpha value is -2.94. The third kappa shape index (κ3) is 3.54. The van der Waals surface area contributed by atoms with Crippen LogP contribution in [0.5, 0.6) is 0 Å². The van der Waals surface area contributed by atoms with Crippen LogP contribution in [0.4, 0.5) is 19.0 Å². The number of aliphatic hydroxyl groups is 1. The number of aromatic nitrogens is 3. The molecule has 2 N–H and O–H groups in total. The zero-order valence-corrected chi connectivity index (χ0v) is 17.5. The average molecular weight is 444 g/mol. The van der Waals surface area contributed by atoms with Crippen LogP contribution in [0.1, 0.15) is 55.3 Å². The number of halogens is 3. The van der Waals surface area contributed by atoms with E-state index in [0.717, 1.165) is 44.2 Å². The number of fused-ring (bicyclic) bond motifs is 3. The van der Waals surface area contributed by atoms with Gasteiger partial charge < -0.3 is 15.0 Å². The fourth-order valence-corrected chi connectivity index (χ4v) is 5.30. The minimum absolute atomic E-state index is 0.0607. The molecule has 2 heterocycles. The Kier molecular flexibility index (Phi) is 4.77. The number of nitrogens with one attached hydrogen (secondary N) is 1. The Balaban J connectivity index is 1.55. The Morgan fingerprint density at radius 1 is 1.22 bits per heavy atom. The number of nitrogens with zero attached hydrogens (tertiary/aromatic N) is 3. The van der Waals surface area contributed by atoms with E-state index in [1.54, 1.807) is 17.7 Å². The van der Waals surface area contributed by atoms with E-state index >= 15 is 0 Å². The van der Waals surface area contributed by atoms with Crippen molar-refractivity contribution < 1.29 is 18.3 Å². The van der Waals surface area contributed by atoms with Crippen molar-refractivity contribution in [1.29, 1.82) is 0 Å². The minimum Gasteiger partial charge on any atom is -0.369 e. The van der Waals surface area contributed by atoms with Crippen LogP contribution in [0.15, 0.2) is 41.3 Å². The van der Waals surface area contributed by atoms with Gasteiger partial charge >= 0.3 is 6.18 Å². The average Bonchev–Trinajstić information content (AvgIpc) is 3.35. The molecule has 2 fully saturated rings. The van der Waals surface area contributed by atoms with Crippen LogP contribution >= 0.6 is 0 Å². The van der Waals surface area contributed by atoms with E-state index in [4.69, 9.17) is 0 Å². The maximum atomic E-state index is 13.1. The third-order valence-corrected chi connectivity index (χ3v) is 6.86. The van der Waals surface area contributed by atoms with Crippen LogP contribution < -0.4 is 10.9 Å². The molecule has 6 nitrogen and oxygen atoms in total. The second kappa shape index (κ2) is 7.30. The van der Waals surface area contributed by atoms with Crippen molar-refractivity contribution in [2.24, 2.45) is 5.92 Å². The maximum Gasteiger partial charge on any atom is 0.416 e. The van der Waals surface area contributed by atoms with Crippen LogP contribution in [0.2, 0.25) is 0 Å². The van der Waals surface area contributed by atoms with Crippen molar-refractivity contribution >= 4 is 16.7 Å². The predicted octanol–water partition coefficient (Wildman–Crippen LogP) is 4.51. The summed E-state index contributed by atoms with van der Waals surface area (Å²) in [7, 11) is 0. The number of aryl methyl sites for hydroxylation is 1. The third-order valence-electron chi connectivity index (χ3n) is 6.86. The van der Waals surface area contributed by atoms with Crippen molar-refractivity contribution in [2.75, 3.05) is 5.32 Å². The molecule has 2 saturated carbocycles. The fraction of sp³-hybridized carbons (Fsp3) is 0.435. The van der Waals surface area contributed by atoms with Crippen LogP contribution in [0.25, 0.3) is 10.9 Å². The van der Waals surface area contributed by atoms with Crippen LogP contribution in [-0.2, 0) is 11.7 Å². The topological polar surface area (TPSA) is 80.0 Å². The number of hydrogen-bond donors (Lipinski definition) is 2. The van der Waals surface area contributed by atoms with Gasteiger partial charge in [0.05, 0.1) is 16.5 Å². The van der Waals surface area contributed by atoms with Crippen molar-refractivity contribution in [1.82, 2.24) is 14.5 Å². The summed E-state index contributed by atoms with van der Waals surface area (Å²) in [6, 6.07) is 6.00. The molecule has 0 radical (unpaired) electrons. The highest BCUT2D eigenvalue weighted by Gasteiger charge is 2.46.